The highest BCUT2D eigenvalue weighted by Crippen LogP contribution is 2.10. The van der Waals surface area contributed by atoms with Crippen molar-refractivity contribution in [1.82, 2.24) is 4.90 Å². The largest absolute Gasteiger partial charge is 0.337 e. The summed E-state index contributed by atoms with van der Waals surface area (Å²) in [5.74, 6) is 0.0719. The van der Waals surface area contributed by atoms with Crippen LogP contribution in [0.25, 0.3) is 0 Å². The number of carbonyl (C=O) groups excluding carboxylic acids is 1. The predicted octanol–water partition coefficient (Wildman–Crippen LogP) is 2.81. The van der Waals surface area contributed by atoms with Crippen molar-refractivity contribution in [2.45, 2.75) is 6.42 Å². The van der Waals surface area contributed by atoms with Crippen LogP contribution in [0.2, 0.25) is 0 Å². The number of carbonyl (C=O) groups is 1. The first-order chi connectivity index (χ1) is 9.31. The molecule has 1 aromatic carbocycles. The van der Waals surface area contributed by atoms with E-state index in [2.05, 4.69) is 12.1 Å². The number of amides is 1. The van der Waals surface area contributed by atoms with Crippen molar-refractivity contribution in [3.05, 3.63) is 58.3 Å². The number of nitrogens with two attached hydrogens (primary N) is 1. The molecule has 0 fully saturated rings. The summed E-state index contributed by atoms with van der Waals surface area (Å²) < 4.78 is 0. The molecular formula is C15H19ClN2OS. The first-order valence-electron chi connectivity index (χ1n) is 6.36. The summed E-state index contributed by atoms with van der Waals surface area (Å²) in [4.78, 5) is 14.1. The minimum Gasteiger partial charge on any atom is -0.337 e. The fourth-order valence-electron chi connectivity index (χ4n) is 1.95. The third-order valence-corrected chi connectivity index (χ3v) is 3.65. The Morgan fingerprint density at radius 3 is 2.50 bits per heavy atom. The molecule has 5 heteroatoms. The molecule has 2 aromatic rings. The molecule has 1 heterocycles. The lowest BCUT2D eigenvalue weighted by atomic mass is 10.1. The molecule has 0 spiro atoms. The van der Waals surface area contributed by atoms with Crippen molar-refractivity contribution >= 4 is 29.7 Å². The second-order valence-electron chi connectivity index (χ2n) is 4.33. The molecule has 0 atom stereocenters. The summed E-state index contributed by atoms with van der Waals surface area (Å²) in [5, 5.41) is 3.80. The van der Waals surface area contributed by atoms with Gasteiger partial charge in [0.25, 0.3) is 5.91 Å². The SMILES string of the molecule is Cl.NCCN(CCc1ccccc1)C(=O)c1ccsc1. The Kier molecular flexibility index (Phi) is 7.30. The molecule has 108 valence electrons. The molecule has 0 bridgehead atoms. The summed E-state index contributed by atoms with van der Waals surface area (Å²) in [5.41, 5.74) is 7.59. The molecule has 0 aliphatic heterocycles. The van der Waals surface area contributed by atoms with Gasteiger partial charge in [0.1, 0.15) is 0 Å². The Balaban J connectivity index is 0.00000200. The van der Waals surface area contributed by atoms with Crippen LogP contribution < -0.4 is 5.73 Å². The van der Waals surface area contributed by atoms with Crippen LogP contribution in [-0.4, -0.2) is 30.4 Å². The second-order valence-corrected chi connectivity index (χ2v) is 5.11. The number of benzene rings is 1. The number of thiophene rings is 1. The molecule has 0 unspecified atom stereocenters. The van der Waals surface area contributed by atoms with Crippen LogP contribution in [0, 0.1) is 0 Å². The second kappa shape index (κ2) is 8.74. The minimum absolute atomic E-state index is 0. The molecule has 0 aliphatic carbocycles. The molecule has 1 aromatic heterocycles. The third kappa shape index (κ3) is 4.63. The maximum absolute atomic E-state index is 12.3. The normalized spacial score (nSPS) is 9.85. The minimum atomic E-state index is 0. The predicted molar refractivity (Wildman–Crippen MR) is 86.7 cm³/mol. The van der Waals surface area contributed by atoms with E-state index >= 15 is 0 Å². The van der Waals surface area contributed by atoms with Gasteiger partial charge in [-0.25, -0.2) is 0 Å². The Morgan fingerprint density at radius 1 is 1.15 bits per heavy atom. The van der Waals surface area contributed by atoms with Gasteiger partial charge >= 0.3 is 0 Å². The number of halogens is 1. The zero-order chi connectivity index (χ0) is 13.5. The van der Waals surface area contributed by atoms with Gasteiger partial charge in [0.2, 0.25) is 0 Å². The average molecular weight is 311 g/mol. The Morgan fingerprint density at radius 2 is 1.90 bits per heavy atom. The van der Waals surface area contributed by atoms with Crippen LogP contribution in [0.5, 0.6) is 0 Å². The number of hydrogen-bond acceptors (Lipinski definition) is 3. The highest BCUT2D eigenvalue weighted by Gasteiger charge is 2.15. The zero-order valence-corrected chi connectivity index (χ0v) is 12.8. The fourth-order valence-corrected chi connectivity index (χ4v) is 2.58. The lowest BCUT2D eigenvalue weighted by Gasteiger charge is -2.21. The van der Waals surface area contributed by atoms with Crippen LogP contribution in [0.15, 0.2) is 47.2 Å². The van der Waals surface area contributed by atoms with E-state index in [1.165, 1.54) is 16.9 Å². The van der Waals surface area contributed by atoms with E-state index in [1.807, 2.05) is 39.9 Å². The molecule has 3 nitrogen and oxygen atoms in total. The summed E-state index contributed by atoms with van der Waals surface area (Å²) in [7, 11) is 0. The number of rotatable bonds is 6. The highest BCUT2D eigenvalue weighted by molar-refractivity contribution is 7.08. The smallest absolute Gasteiger partial charge is 0.254 e. The van der Waals surface area contributed by atoms with Gasteiger partial charge in [-0.1, -0.05) is 30.3 Å². The summed E-state index contributed by atoms with van der Waals surface area (Å²) in [6.45, 7) is 1.79. The van der Waals surface area contributed by atoms with Crippen molar-refractivity contribution in [3.63, 3.8) is 0 Å². The van der Waals surface area contributed by atoms with E-state index in [4.69, 9.17) is 5.73 Å². The molecule has 0 aliphatic rings. The fraction of sp³-hybridized carbons (Fsp3) is 0.267. The molecule has 20 heavy (non-hydrogen) atoms. The molecule has 0 saturated heterocycles. The van der Waals surface area contributed by atoms with Crippen LogP contribution in [0.1, 0.15) is 15.9 Å². The van der Waals surface area contributed by atoms with Gasteiger partial charge in [0.05, 0.1) is 5.56 Å². The maximum Gasteiger partial charge on any atom is 0.254 e. The molecule has 0 saturated carbocycles. The van der Waals surface area contributed by atoms with Crippen molar-refractivity contribution in [2.24, 2.45) is 5.73 Å². The summed E-state index contributed by atoms with van der Waals surface area (Å²) in [6.07, 6.45) is 0.858. The van der Waals surface area contributed by atoms with Gasteiger partial charge in [-0.15, -0.1) is 12.4 Å². The van der Waals surface area contributed by atoms with Crippen LogP contribution in [0.3, 0.4) is 0 Å². The Labute approximate surface area is 129 Å². The monoisotopic (exact) mass is 310 g/mol. The number of nitrogens with zero attached hydrogens (tertiary/aromatic N) is 1. The van der Waals surface area contributed by atoms with E-state index in [9.17, 15) is 4.79 Å². The van der Waals surface area contributed by atoms with Crippen molar-refractivity contribution < 1.29 is 4.79 Å². The lowest BCUT2D eigenvalue weighted by Crippen LogP contribution is -2.36. The van der Waals surface area contributed by atoms with E-state index < -0.39 is 0 Å². The third-order valence-electron chi connectivity index (χ3n) is 2.97. The van der Waals surface area contributed by atoms with E-state index in [1.54, 1.807) is 0 Å². The van der Waals surface area contributed by atoms with Crippen molar-refractivity contribution in [3.8, 4) is 0 Å². The van der Waals surface area contributed by atoms with Crippen molar-refractivity contribution in [1.29, 1.82) is 0 Å². The highest BCUT2D eigenvalue weighted by atomic mass is 35.5. The van der Waals surface area contributed by atoms with Gasteiger partial charge in [-0.2, -0.15) is 11.3 Å². The van der Waals surface area contributed by atoms with E-state index in [0.717, 1.165) is 12.0 Å². The summed E-state index contributed by atoms with van der Waals surface area (Å²) >= 11 is 1.54. The molecule has 0 radical (unpaired) electrons. The lowest BCUT2D eigenvalue weighted by molar-refractivity contribution is 0.0762. The first kappa shape index (κ1) is 16.7. The first-order valence-corrected chi connectivity index (χ1v) is 7.31. The molecule has 1 amide bonds. The topological polar surface area (TPSA) is 46.3 Å². The van der Waals surface area contributed by atoms with Gasteiger partial charge in [-0.05, 0) is 23.4 Å². The number of hydrogen-bond donors (Lipinski definition) is 1. The maximum atomic E-state index is 12.3. The van der Waals surface area contributed by atoms with E-state index in [0.29, 0.717) is 19.6 Å². The van der Waals surface area contributed by atoms with Crippen LogP contribution in [0.4, 0.5) is 0 Å². The summed E-state index contributed by atoms with van der Waals surface area (Å²) in [6, 6.07) is 12.1. The average Bonchev–Trinajstić information content (AvgIpc) is 2.98. The van der Waals surface area contributed by atoms with Gasteiger partial charge in [0.15, 0.2) is 0 Å². The van der Waals surface area contributed by atoms with E-state index in [-0.39, 0.29) is 18.3 Å². The Bertz CT molecular complexity index is 502. The van der Waals surface area contributed by atoms with Gasteiger partial charge < -0.3 is 10.6 Å². The van der Waals surface area contributed by atoms with Gasteiger partial charge in [-0.3, -0.25) is 4.79 Å². The molecule has 2 rings (SSSR count). The Hall–Kier alpha value is -1.36. The van der Waals surface area contributed by atoms with Crippen LogP contribution >= 0.6 is 23.7 Å². The molecular weight excluding hydrogens is 292 g/mol. The zero-order valence-electron chi connectivity index (χ0n) is 11.2. The standard InChI is InChI=1S/C15H18N2OS.ClH/c16-8-10-17(15(18)14-7-11-19-12-14)9-6-13-4-2-1-3-5-13;/h1-5,7,11-12H,6,8-10,16H2;1H. The van der Waals surface area contributed by atoms with Crippen LogP contribution in [-0.2, 0) is 6.42 Å². The molecule has 2 N–H and O–H groups in total. The van der Waals surface area contributed by atoms with Gasteiger partial charge in [0, 0.05) is 25.0 Å². The van der Waals surface area contributed by atoms with Crippen molar-refractivity contribution in [2.75, 3.05) is 19.6 Å². The quantitative estimate of drug-likeness (QED) is 0.892.